The summed E-state index contributed by atoms with van der Waals surface area (Å²) in [6, 6.07) is 5.03. The van der Waals surface area contributed by atoms with Gasteiger partial charge in [-0.15, -0.1) is 0 Å². The van der Waals surface area contributed by atoms with Gasteiger partial charge >= 0.3 is 5.97 Å². The summed E-state index contributed by atoms with van der Waals surface area (Å²) in [5.41, 5.74) is 7.59. The van der Waals surface area contributed by atoms with E-state index in [4.69, 9.17) is 10.5 Å². The lowest BCUT2D eigenvalue weighted by Crippen LogP contribution is -2.09. The van der Waals surface area contributed by atoms with Crippen LogP contribution in [0.25, 0.3) is 0 Å². The van der Waals surface area contributed by atoms with Crippen molar-refractivity contribution < 1.29 is 13.7 Å². The van der Waals surface area contributed by atoms with Crippen LogP contribution in [0.5, 0.6) is 0 Å². The largest absolute Gasteiger partial charge is 0.462 e. The van der Waals surface area contributed by atoms with Gasteiger partial charge < -0.3 is 15.8 Å². The van der Waals surface area contributed by atoms with E-state index in [0.717, 1.165) is 12.1 Å². The van der Waals surface area contributed by atoms with Gasteiger partial charge in [0.2, 0.25) is 0 Å². The fourth-order valence-electron chi connectivity index (χ4n) is 1.56. The molecule has 0 aliphatic carbocycles. The molecule has 1 aromatic rings. The molecule has 5 nitrogen and oxygen atoms in total. The van der Waals surface area contributed by atoms with E-state index < -0.39 is 10.8 Å². The lowest BCUT2D eigenvalue weighted by atomic mass is 10.1. The molecule has 0 bridgehead atoms. The molecular formula is C13H20N2O3S. The second kappa shape index (κ2) is 7.78. The molecule has 1 aromatic carbocycles. The van der Waals surface area contributed by atoms with E-state index in [1.807, 2.05) is 0 Å². The second-order valence-electron chi connectivity index (χ2n) is 4.08. The maximum absolute atomic E-state index is 11.5. The normalized spacial score (nSPS) is 11.9. The zero-order chi connectivity index (χ0) is 14.3. The van der Waals surface area contributed by atoms with Crippen molar-refractivity contribution in [1.82, 2.24) is 0 Å². The molecular weight excluding hydrogens is 264 g/mol. The molecule has 1 rings (SSSR count). The van der Waals surface area contributed by atoms with Crippen molar-refractivity contribution in [3.63, 3.8) is 0 Å². The smallest absolute Gasteiger partial charge is 0.338 e. The van der Waals surface area contributed by atoms with Gasteiger partial charge in [0.15, 0.2) is 0 Å². The highest BCUT2D eigenvalue weighted by atomic mass is 32.2. The summed E-state index contributed by atoms with van der Waals surface area (Å²) in [7, 11) is -0.773. The van der Waals surface area contributed by atoms with Gasteiger partial charge in [-0.25, -0.2) is 4.79 Å². The first kappa shape index (κ1) is 15.5. The number of nitrogens with one attached hydrogen (secondary N) is 1. The van der Waals surface area contributed by atoms with Gasteiger partial charge in [0, 0.05) is 29.4 Å². The fourth-order valence-corrected chi connectivity index (χ4v) is 2.11. The molecule has 0 aromatic heterocycles. The summed E-state index contributed by atoms with van der Waals surface area (Å²) in [5.74, 6) is 0.288. The van der Waals surface area contributed by atoms with Gasteiger partial charge in [-0.05, 0) is 31.5 Å². The number of hydrogen-bond acceptors (Lipinski definition) is 5. The van der Waals surface area contributed by atoms with Crippen LogP contribution in [0.15, 0.2) is 18.2 Å². The van der Waals surface area contributed by atoms with E-state index in [1.165, 1.54) is 0 Å². The summed E-state index contributed by atoms with van der Waals surface area (Å²) in [5, 5.41) is 3.15. The molecule has 19 heavy (non-hydrogen) atoms. The SMILES string of the molecule is CCOC(=O)c1ccc(NCCCS(C)=O)c(N)c1. The molecule has 6 heteroatoms. The van der Waals surface area contributed by atoms with Crippen molar-refractivity contribution in [3.05, 3.63) is 23.8 Å². The topological polar surface area (TPSA) is 81.4 Å². The molecule has 0 aliphatic heterocycles. The molecule has 0 heterocycles. The van der Waals surface area contributed by atoms with Crippen molar-refractivity contribution >= 4 is 28.1 Å². The Labute approximate surface area is 116 Å². The minimum absolute atomic E-state index is 0.340. The molecule has 0 radical (unpaired) electrons. The number of carbonyl (C=O) groups excluding carboxylic acids is 1. The monoisotopic (exact) mass is 284 g/mol. The van der Waals surface area contributed by atoms with Crippen molar-refractivity contribution in [2.45, 2.75) is 13.3 Å². The number of rotatable bonds is 7. The summed E-state index contributed by atoms with van der Waals surface area (Å²) in [6.07, 6.45) is 2.49. The van der Waals surface area contributed by atoms with Crippen LogP contribution in [0, 0.1) is 0 Å². The van der Waals surface area contributed by atoms with Crippen LogP contribution in [0.3, 0.4) is 0 Å². The van der Waals surface area contributed by atoms with Gasteiger partial charge in [0.05, 0.1) is 23.5 Å². The Balaban J connectivity index is 2.57. The predicted molar refractivity (Wildman–Crippen MR) is 78.9 cm³/mol. The highest BCUT2D eigenvalue weighted by Gasteiger charge is 2.08. The van der Waals surface area contributed by atoms with Gasteiger partial charge in [0.1, 0.15) is 0 Å². The molecule has 0 fully saturated rings. The zero-order valence-corrected chi connectivity index (χ0v) is 12.1. The van der Waals surface area contributed by atoms with Crippen molar-refractivity contribution in [2.24, 2.45) is 0 Å². The Morgan fingerprint density at radius 2 is 2.21 bits per heavy atom. The Kier molecular flexibility index (Phi) is 6.35. The summed E-state index contributed by atoms with van der Waals surface area (Å²) < 4.78 is 15.8. The predicted octanol–water partition coefficient (Wildman–Crippen LogP) is 1.63. The Morgan fingerprint density at radius 1 is 1.47 bits per heavy atom. The molecule has 1 unspecified atom stereocenters. The molecule has 106 valence electrons. The van der Waals surface area contributed by atoms with Crippen molar-refractivity contribution in [2.75, 3.05) is 36.2 Å². The van der Waals surface area contributed by atoms with Crippen molar-refractivity contribution in [3.8, 4) is 0 Å². The number of carbonyl (C=O) groups is 1. The lowest BCUT2D eigenvalue weighted by Gasteiger charge is -2.10. The molecule has 0 saturated heterocycles. The molecule has 3 N–H and O–H groups in total. The fraction of sp³-hybridized carbons (Fsp3) is 0.462. The van der Waals surface area contributed by atoms with E-state index in [1.54, 1.807) is 31.4 Å². The maximum Gasteiger partial charge on any atom is 0.338 e. The molecule has 0 aliphatic rings. The second-order valence-corrected chi connectivity index (χ2v) is 5.63. The lowest BCUT2D eigenvalue weighted by molar-refractivity contribution is 0.0526. The minimum atomic E-state index is -0.773. The zero-order valence-electron chi connectivity index (χ0n) is 11.3. The van der Waals surface area contributed by atoms with Crippen molar-refractivity contribution in [1.29, 1.82) is 0 Å². The van der Waals surface area contributed by atoms with Gasteiger partial charge in [-0.2, -0.15) is 0 Å². The van der Waals surface area contributed by atoms with Crippen LogP contribution in [-0.2, 0) is 15.5 Å². The highest BCUT2D eigenvalue weighted by molar-refractivity contribution is 7.84. The number of benzene rings is 1. The van der Waals surface area contributed by atoms with Gasteiger partial charge in [-0.3, -0.25) is 4.21 Å². The number of anilines is 2. The van der Waals surface area contributed by atoms with Crippen LogP contribution in [0.1, 0.15) is 23.7 Å². The van der Waals surface area contributed by atoms with Gasteiger partial charge in [-0.1, -0.05) is 0 Å². The summed E-state index contributed by atoms with van der Waals surface area (Å²) in [6.45, 7) is 2.80. The first-order chi connectivity index (χ1) is 9.04. The third-order valence-corrected chi connectivity index (χ3v) is 3.35. The maximum atomic E-state index is 11.5. The first-order valence-corrected chi connectivity index (χ1v) is 7.88. The van der Waals surface area contributed by atoms with Crippen LogP contribution >= 0.6 is 0 Å². The highest BCUT2D eigenvalue weighted by Crippen LogP contribution is 2.20. The Bertz CT molecular complexity index is 463. The molecule has 1 atom stereocenters. The average molecular weight is 284 g/mol. The number of nitrogens with two attached hydrogens (primary N) is 1. The quantitative estimate of drug-likeness (QED) is 0.452. The minimum Gasteiger partial charge on any atom is -0.462 e. The van der Waals surface area contributed by atoms with Crippen LogP contribution < -0.4 is 11.1 Å². The van der Waals surface area contributed by atoms with Crippen LogP contribution in [-0.4, -0.2) is 35.3 Å². The number of nitrogen functional groups attached to an aromatic ring is 1. The third-order valence-electron chi connectivity index (χ3n) is 2.49. The average Bonchev–Trinajstić information content (AvgIpc) is 2.36. The Morgan fingerprint density at radius 3 is 2.79 bits per heavy atom. The Hall–Kier alpha value is -1.56. The summed E-state index contributed by atoms with van der Waals surface area (Å²) >= 11 is 0. The van der Waals surface area contributed by atoms with Gasteiger partial charge in [0.25, 0.3) is 0 Å². The van der Waals surface area contributed by atoms with E-state index in [2.05, 4.69) is 5.32 Å². The van der Waals surface area contributed by atoms with E-state index in [9.17, 15) is 9.00 Å². The molecule has 0 saturated carbocycles. The standard InChI is InChI=1S/C13H20N2O3S/c1-3-18-13(16)10-5-6-12(11(14)9-10)15-7-4-8-19(2)17/h5-6,9,15H,3-4,7-8,14H2,1-2H3. The summed E-state index contributed by atoms with van der Waals surface area (Å²) in [4.78, 5) is 11.5. The van der Waals surface area contributed by atoms with E-state index in [0.29, 0.717) is 30.2 Å². The third kappa shape index (κ3) is 5.30. The van der Waals surface area contributed by atoms with E-state index >= 15 is 0 Å². The molecule has 0 spiro atoms. The molecule has 0 amide bonds. The number of hydrogen-bond donors (Lipinski definition) is 2. The van der Waals surface area contributed by atoms with E-state index in [-0.39, 0.29) is 5.97 Å². The van der Waals surface area contributed by atoms with Crippen LogP contribution in [0.2, 0.25) is 0 Å². The number of ether oxygens (including phenoxy) is 1. The van der Waals surface area contributed by atoms with Crippen LogP contribution in [0.4, 0.5) is 11.4 Å². The number of esters is 1. The first-order valence-electron chi connectivity index (χ1n) is 6.15.